The summed E-state index contributed by atoms with van der Waals surface area (Å²) in [5.41, 5.74) is 3.08. The van der Waals surface area contributed by atoms with Crippen LogP contribution in [0.1, 0.15) is 31.8 Å². The van der Waals surface area contributed by atoms with E-state index < -0.39 is 5.97 Å². The van der Waals surface area contributed by atoms with E-state index in [0.717, 1.165) is 22.6 Å². The first kappa shape index (κ1) is 17.4. The van der Waals surface area contributed by atoms with Crippen LogP contribution < -0.4 is 0 Å². The fourth-order valence-corrected chi connectivity index (χ4v) is 3.96. The zero-order chi connectivity index (χ0) is 16.7. The molecular weight excluding hydrogens is 332 g/mol. The van der Waals surface area contributed by atoms with Gasteiger partial charge in [-0.05, 0) is 35.4 Å². The fraction of sp³-hybridized carbons (Fsp3) is 0.176. The highest BCUT2D eigenvalue weighted by Gasteiger charge is 2.05. The van der Waals surface area contributed by atoms with E-state index in [-0.39, 0.29) is 5.97 Å². The molecule has 0 bridgehead atoms. The van der Waals surface area contributed by atoms with Crippen molar-refractivity contribution in [1.82, 2.24) is 0 Å². The van der Waals surface area contributed by atoms with Gasteiger partial charge in [-0.1, -0.05) is 45.9 Å². The minimum Gasteiger partial charge on any atom is -0.478 e. The lowest BCUT2D eigenvalue weighted by atomic mass is 10.1. The van der Waals surface area contributed by atoms with Crippen LogP contribution in [-0.2, 0) is 16.2 Å². The van der Waals surface area contributed by atoms with Gasteiger partial charge in [0.25, 0.3) is 0 Å². The molecule has 0 saturated heterocycles. The number of carbonyl (C=O) groups is 2. The predicted molar refractivity (Wildman–Crippen MR) is 93.8 cm³/mol. The molecular formula is C17H16O4S2. The van der Waals surface area contributed by atoms with Gasteiger partial charge < -0.3 is 9.84 Å². The second-order valence-electron chi connectivity index (χ2n) is 4.71. The van der Waals surface area contributed by atoms with Crippen molar-refractivity contribution in [3.8, 4) is 0 Å². The lowest BCUT2D eigenvalue weighted by Gasteiger charge is -2.04. The molecule has 2 aromatic rings. The van der Waals surface area contributed by atoms with Gasteiger partial charge in [-0.3, -0.25) is 0 Å². The normalized spacial score (nSPS) is 10.3. The molecule has 0 radical (unpaired) electrons. The van der Waals surface area contributed by atoms with Crippen molar-refractivity contribution < 1.29 is 19.4 Å². The number of esters is 1. The van der Waals surface area contributed by atoms with Crippen LogP contribution in [0.3, 0.4) is 0 Å². The molecule has 0 saturated carbocycles. The smallest absolute Gasteiger partial charge is 0.337 e. The van der Waals surface area contributed by atoms with Crippen LogP contribution in [0.25, 0.3) is 0 Å². The zero-order valence-electron chi connectivity index (χ0n) is 12.5. The molecule has 4 nitrogen and oxygen atoms in total. The summed E-state index contributed by atoms with van der Waals surface area (Å²) in [6, 6.07) is 14.3. The van der Waals surface area contributed by atoms with Crippen LogP contribution >= 0.6 is 21.6 Å². The molecule has 0 aromatic heterocycles. The van der Waals surface area contributed by atoms with Gasteiger partial charge in [-0.15, -0.1) is 0 Å². The Hall–Kier alpha value is -1.92. The highest BCUT2D eigenvalue weighted by Crippen LogP contribution is 2.29. The maximum atomic E-state index is 11.3. The van der Waals surface area contributed by atoms with E-state index in [1.807, 2.05) is 24.3 Å². The predicted octanol–water partition coefficient (Wildman–Crippen LogP) is 4.25. The van der Waals surface area contributed by atoms with Crippen molar-refractivity contribution in [2.45, 2.75) is 11.5 Å². The Morgan fingerprint density at radius 1 is 0.870 bits per heavy atom. The van der Waals surface area contributed by atoms with Gasteiger partial charge >= 0.3 is 11.9 Å². The second-order valence-corrected chi connectivity index (χ2v) is 7.18. The lowest BCUT2D eigenvalue weighted by Crippen LogP contribution is -2.00. The fourth-order valence-electron chi connectivity index (χ4n) is 1.82. The third-order valence-corrected chi connectivity index (χ3v) is 5.39. The van der Waals surface area contributed by atoms with Gasteiger partial charge in [0.05, 0.1) is 18.2 Å². The molecule has 0 unspecified atom stereocenters. The van der Waals surface area contributed by atoms with Gasteiger partial charge in [0.2, 0.25) is 0 Å². The average Bonchev–Trinajstić information content (AvgIpc) is 2.59. The van der Waals surface area contributed by atoms with Gasteiger partial charge in [0.15, 0.2) is 0 Å². The van der Waals surface area contributed by atoms with Crippen molar-refractivity contribution in [2.24, 2.45) is 0 Å². The minimum absolute atomic E-state index is 0.303. The summed E-state index contributed by atoms with van der Waals surface area (Å²) in [5, 5.41) is 8.85. The lowest BCUT2D eigenvalue weighted by molar-refractivity contribution is 0.0599. The molecule has 0 spiro atoms. The Morgan fingerprint density at radius 2 is 1.30 bits per heavy atom. The van der Waals surface area contributed by atoms with Crippen LogP contribution in [0.2, 0.25) is 0 Å². The highest BCUT2D eigenvalue weighted by atomic mass is 33.1. The van der Waals surface area contributed by atoms with E-state index in [1.165, 1.54) is 7.11 Å². The third kappa shape index (κ3) is 5.33. The van der Waals surface area contributed by atoms with Crippen LogP contribution in [-0.4, -0.2) is 24.2 Å². The number of ether oxygens (including phenoxy) is 1. The summed E-state index contributed by atoms with van der Waals surface area (Å²) in [7, 11) is 4.79. The maximum Gasteiger partial charge on any atom is 0.337 e. The van der Waals surface area contributed by atoms with E-state index >= 15 is 0 Å². The van der Waals surface area contributed by atoms with E-state index in [0.29, 0.717) is 11.1 Å². The van der Waals surface area contributed by atoms with Crippen LogP contribution in [0.15, 0.2) is 48.5 Å². The van der Waals surface area contributed by atoms with Crippen molar-refractivity contribution in [2.75, 3.05) is 7.11 Å². The second kappa shape index (κ2) is 8.64. The highest BCUT2D eigenvalue weighted by molar-refractivity contribution is 8.76. The Labute approximate surface area is 142 Å². The molecule has 0 aliphatic carbocycles. The third-order valence-electron chi connectivity index (χ3n) is 3.11. The van der Waals surface area contributed by atoms with Crippen LogP contribution in [0.4, 0.5) is 0 Å². The minimum atomic E-state index is -0.908. The molecule has 2 rings (SSSR count). The first-order valence-corrected chi connectivity index (χ1v) is 9.33. The summed E-state index contributed by atoms with van der Waals surface area (Å²) in [5.74, 6) is 0.404. The Balaban J connectivity index is 1.76. The first-order chi connectivity index (χ1) is 11.1. The molecule has 0 aliphatic heterocycles. The molecule has 0 amide bonds. The molecule has 120 valence electrons. The first-order valence-electron chi connectivity index (χ1n) is 6.84. The average molecular weight is 348 g/mol. The number of methoxy groups -OCH3 is 1. The SMILES string of the molecule is COC(=O)c1ccc(CSSCc2ccc(C(=O)O)cc2)cc1. The number of carboxylic acids is 1. The summed E-state index contributed by atoms with van der Waals surface area (Å²) < 4.78 is 4.66. The van der Waals surface area contributed by atoms with Gasteiger partial charge in [0, 0.05) is 11.5 Å². The Morgan fingerprint density at radius 3 is 1.70 bits per heavy atom. The van der Waals surface area contributed by atoms with Crippen molar-refractivity contribution in [3.63, 3.8) is 0 Å². The summed E-state index contributed by atoms with van der Waals surface area (Å²) >= 11 is 0. The standard InChI is InChI=1S/C17H16O4S2/c1-21-17(20)15-8-4-13(5-9-15)11-23-22-10-12-2-6-14(7-3-12)16(18)19/h2-9H,10-11H2,1H3,(H,18,19). The van der Waals surface area contributed by atoms with Crippen molar-refractivity contribution >= 4 is 33.5 Å². The van der Waals surface area contributed by atoms with Gasteiger partial charge in [0.1, 0.15) is 0 Å². The Kier molecular flexibility index (Phi) is 6.55. The van der Waals surface area contributed by atoms with Crippen LogP contribution in [0.5, 0.6) is 0 Å². The largest absolute Gasteiger partial charge is 0.478 e. The molecule has 1 N–H and O–H groups in total. The Bertz CT molecular complexity index is 666. The topological polar surface area (TPSA) is 63.6 Å². The van der Waals surface area contributed by atoms with E-state index in [9.17, 15) is 9.59 Å². The number of carbonyl (C=O) groups excluding carboxylic acids is 1. The number of benzene rings is 2. The molecule has 23 heavy (non-hydrogen) atoms. The quantitative estimate of drug-likeness (QED) is 0.458. The van der Waals surface area contributed by atoms with Gasteiger partial charge in [-0.25, -0.2) is 9.59 Å². The molecule has 2 aromatic carbocycles. The van der Waals surface area contributed by atoms with E-state index in [1.54, 1.807) is 45.9 Å². The molecule has 6 heteroatoms. The zero-order valence-corrected chi connectivity index (χ0v) is 14.2. The van der Waals surface area contributed by atoms with E-state index in [4.69, 9.17) is 5.11 Å². The van der Waals surface area contributed by atoms with E-state index in [2.05, 4.69) is 4.74 Å². The van der Waals surface area contributed by atoms with Gasteiger partial charge in [-0.2, -0.15) is 0 Å². The molecule has 0 aliphatic rings. The maximum absolute atomic E-state index is 11.3. The number of hydrogen-bond donors (Lipinski definition) is 1. The summed E-state index contributed by atoms with van der Waals surface area (Å²) in [4.78, 5) is 22.1. The number of rotatable bonds is 7. The number of carboxylic acid groups (broad SMARTS) is 1. The number of aromatic carboxylic acids is 1. The number of hydrogen-bond acceptors (Lipinski definition) is 5. The van der Waals surface area contributed by atoms with Crippen molar-refractivity contribution in [1.29, 1.82) is 0 Å². The van der Waals surface area contributed by atoms with Crippen molar-refractivity contribution in [3.05, 3.63) is 70.8 Å². The molecule has 0 fully saturated rings. The monoisotopic (exact) mass is 348 g/mol. The molecule has 0 atom stereocenters. The summed E-state index contributed by atoms with van der Waals surface area (Å²) in [6.07, 6.45) is 0. The van der Waals surface area contributed by atoms with Crippen LogP contribution in [0, 0.1) is 0 Å². The molecule has 0 heterocycles. The summed E-state index contributed by atoms with van der Waals surface area (Å²) in [6.45, 7) is 0.